The van der Waals surface area contributed by atoms with Crippen LogP contribution in [0, 0.1) is 5.92 Å². The molecule has 0 aliphatic heterocycles. The van der Waals surface area contributed by atoms with Crippen molar-refractivity contribution >= 4 is 27.5 Å². The highest BCUT2D eigenvalue weighted by Crippen LogP contribution is 2.44. The quantitative estimate of drug-likeness (QED) is 0.507. The topological polar surface area (TPSA) is 0 Å². The zero-order chi connectivity index (χ0) is 10.2. The Morgan fingerprint density at radius 1 is 0.917 bits per heavy atom. The van der Waals surface area contributed by atoms with Gasteiger partial charge in [0, 0.05) is 0 Å². The molecule has 0 saturated heterocycles. The highest BCUT2D eigenvalue weighted by molar-refractivity contribution is 9.10. The molecule has 0 aromatic heterocycles. The molecule has 0 radical (unpaired) electrons. The van der Waals surface area contributed by atoms with Crippen LogP contribution in [0.25, 0.3) is 0 Å². The van der Waals surface area contributed by atoms with Crippen molar-refractivity contribution in [2.45, 2.75) is 16.6 Å². The first kappa shape index (κ1) is 12.3. The smallest absolute Gasteiger partial charge is 0.170 e. The Balaban J connectivity index is 4.70. The predicted molar refractivity (Wildman–Crippen MR) is 34.2 cm³/mol. The van der Waals surface area contributed by atoms with Gasteiger partial charge in [-0.25, -0.2) is 0 Å². The standard InChI is InChI=1S/C4H2BrClF6/c5-2(6)1(3(7,8)9)4(10,11)12/h1-2H/t2-/m1/s1. The van der Waals surface area contributed by atoms with Crippen molar-refractivity contribution < 1.29 is 26.3 Å². The van der Waals surface area contributed by atoms with E-state index in [0.29, 0.717) is 0 Å². The van der Waals surface area contributed by atoms with Gasteiger partial charge in [-0.1, -0.05) is 15.9 Å². The molecule has 0 fully saturated rings. The van der Waals surface area contributed by atoms with E-state index in [0.717, 1.165) is 0 Å². The minimum atomic E-state index is -5.38. The van der Waals surface area contributed by atoms with E-state index in [1.807, 2.05) is 15.9 Å². The van der Waals surface area contributed by atoms with E-state index in [4.69, 9.17) is 0 Å². The summed E-state index contributed by atoms with van der Waals surface area (Å²) in [5, 5.41) is 0. The zero-order valence-electron chi connectivity index (χ0n) is 5.18. The van der Waals surface area contributed by atoms with Crippen LogP contribution in [-0.2, 0) is 0 Å². The molecule has 0 aromatic carbocycles. The van der Waals surface area contributed by atoms with Crippen molar-refractivity contribution in [3.05, 3.63) is 0 Å². The van der Waals surface area contributed by atoms with Crippen LogP contribution in [0.5, 0.6) is 0 Å². The van der Waals surface area contributed by atoms with Crippen LogP contribution >= 0.6 is 27.5 Å². The second-order valence-electron chi connectivity index (χ2n) is 1.90. The monoisotopic (exact) mass is 278 g/mol. The first-order valence-electron chi connectivity index (χ1n) is 2.48. The maximum Gasteiger partial charge on any atom is 0.402 e. The lowest BCUT2D eigenvalue weighted by molar-refractivity contribution is -0.278. The molecule has 0 aliphatic carbocycles. The van der Waals surface area contributed by atoms with E-state index in [2.05, 4.69) is 11.6 Å². The lowest BCUT2D eigenvalue weighted by atomic mass is 10.1. The minimum absolute atomic E-state index is 2.04. The Hall–Kier alpha value is 0.350. The maximum absolute atomic E-state index is 11.6. The van der Waals surface area contributed by atoms with E-state index >= 15 is 0 Å². The first-order valence-corrected chi connectivity index (χ1v) is 3.83. The summed E-state index contributed by atoms with van der Waals surface area (Å²) in [6.07, 6.45) is -10.8. The van der Waals surface area contributed by atoms with Gasteiger partial charge in [0.25, 0.3) is 0 Å². The molecule has 12 heavy (non-hydrogen) atoms. The molecular formula is C4H2BrClF6. The van der Waals surface area contributed by atoms with Gasteiger partial charge in [-0.2, -0.15) is 26.3 Å². The zero-order valence-corrected chi connectivity index (χ0v) is 7.52. The highest BCUT2D eigenvalue weighted by atomic mass is 79.9. The summed E-state index contributed by atoms with van der Waals surface area (Å²) >= 11 is 6.73. The van der Waals surface area contributed by atoms with Crippen LogP contribution in [0.1, 0.15) is 0 Å². The van der Waals surface area contributed by atoms with Gasteiger partial charge in [0.05, 0.1) is 0 Å². The summed E-state index contributed by atoms with van der Waals surface area (Å²) in [6.45, 7) is 0. The molecule has 0 bridgehead atoms. The average molecular weight is 279 g/mol. The van der Waals surface area contributed by atoms with Gasteiger partial charge >= 0.3 is 12.4 Å². The van der Waals surface area contributed by atoms with Crippen molar-refractivity contribution in [2.24, 2.45) is 5.92 Å². The molecule has 0 aliphatic rings. The van der Waals surface area contributed by atoms with Crippen molar-refractivity contribution in [3.8, 4) is 0 Å². The number of hydrogen-bond donors (Lipinski definition) is 0. The Bertz CT molecular complexity index is 135. The molecule has 8 heteroatoms. The predicted octanol–water partition coefficient (Wildman–Crippen LogP) is 3.69. The Labute approximate surface area is 77.0 Å². The summed E-state index contributed by atoms with van der Waals surface area (Å²) in [4.78, 5) is 0. The SMILES string of the molecule is FC(F)(F)C([C@@H](Cl)Br)C(F)(F)F. The molecule has 74 valence electrons. The van der Waals surface area contributed by atoms with E-state index in [9.17, 15) is 26.3 Å². The van der Waals surface area contributed by atoms with Gasteiger partial charge in [0.2, 0.25) is 0 Å². The van der Waals surface area contributed by atoms with E-state index in [1.165, 1.54) is 0 Å². The third-order valence-electron chi connectivity index (χ3n) is 0.957. The number of alkyl halides is 8. The van der Waals surface area contributed by atoms with E-state index < -0.39 is 22.6 Å². The highest BCUT2D eigenvalue weighted by Gasteiger charge is 2.59. The van der Waals surface area contributed by atoms with Crippen molar-refractivity contribution in [1.82, 2.24) is 0 Å². The van der Waals surface area contributed by atoms with Crippen molar-refractivity contribution in [2.75, 3.05) is 0 Å². The van der Waals surface area contributed by atoms with Gasteiger partial charge in [-0.15, -0.1) is 11.6 Å². The lowest BCUT2D eigenvalue weighted by Crippen LogP contribution is -2.40. The molecule has 1 atom stereocenters. The summed E-state index contributed by atoms with van der Waals surface area (Å²) in [6, 6.07) is 0. The van der Waals surface area contributed by atoms with Gasteiger partial charge in [0.15, 0.2) is 5.92 Å². The fraction of sp³-hybridized carbons (Fsp3) is 1.00. The molecule has 0 heterocycles. The third-order valence-corrected chi connectivity index (χ3v) is 1.74. The third kappa shape index (κ3) is 3.38. The van der Waals surface area contributed by atoms with Crippen LogP contribution in [0.4, 0.5) is 26.3 Å². The molecule has 0 saturated carbocycles. The summed E-state index contributed by atoms with van der Waals surface area (Å²) in [5.74, 6) is -3.54. The molecule has 0 aromatic rings. The molecule has 0 amide bonds. The molecule has 0 N–H and O–H groups in total. The molecular weight excluding hydrogens is 277 g/mol. The van der Waals surface area contributed by atoms with Crippen LogP contribution in [-0.4, -0.2) is 16.6 Å². The summed E-state index contributed by atoms with van der Waals surface area (Å²) in [5.41, 5.74) is 0. The summed E-state index contributed by atoms with van der Waals surface area (Å²) < 4.78 is 67.6. The summed E-state index contributed by atoms with van der Waals surface area (Å²) in [7, 11) is 0. The van der Waals surface area contributed by atoms with Crippen LogP contribution in [0.3, 0.4) is 0 Å². The van der Waals surface area contributed by atoms with Gasteiger partial charge in [-0.05, 0) is 0 Å². The number of hydrogen-bond acceptors (Lipinski definition) is 0. The van der Waals surface area contributed by atoms with Gasteiger partial charge in [0.1, 0.15) is 4.29 Å². The fourth-order valence-corrected chi connectivity index (χ4v) is 1.36. The second kappa shape index (κ2) is 3.61. The second-order valence-corrected chi connectivity index (χ2v) is 3.88. The minimum Gasteiger partial charge on any atom is -0.170 e. The lowest BCUT2D eigenvalue weighted by Gasteiger charge is -2.23. The fourth-order valence-electron chi connectivity index (χ4n) is 0.471. The van der Waals surface area contributed by atoms with Crippen LogP contribution in [0.2, 0.25) is 0 Å². The normalized spacial score (nSPS) is 16.8. The van der Waals surface area contributed by atoms with Gasteiger partial charge in [-0.3, -0.25) is 0 Å². The number of rotatable bonds is 1. The van der Waals surface area contributed by atoms with Crippen molar-refractivity contribution in [1.29, 1.82) is 0 Å². The van der Waals surface area contributed by atoms with Gasteiger partial charge < -0.3 is 0 Å². The Morgan fingerprint density at radius 3 is 1.17 bits per heavy atom. The van der Waals surface area contributed by atoms with E-state index in [1.54, 1.807) is 0 Å². The maximum atomic E-state index is 11.6. The largest absolute Gasteiger partial charge is 0.402 e. The van der Waals surface area contributed by atoms with Crippen LogP contribution in [0.15, 0.2) is 0 Å². The average Bonchev–Trinajstić information content (AvgIpc) is 1.49. The van der Waals surface area contributed by atoms with Crippen molar-refractivity contribution in [3.63, 3.8) is 0 Å². The Kier molecular flexibility index (Phi) is 3.72. The molecule has 0 rings (SSSR count). The van der Waals surface area contributed by atoms with E-state index in [-0.39, 0.29) is 0 Å². The first-order chi connectivity index (χ1) is 5.07. The Morgan fingerprint density at radius 2 is 1.17 bits per heavy atom. The molecule has 0 nitrogen and oxygen atoms in total. The number of halogens is 8. The van der Waals surface area contributed by atoms with Crippen LogP contribution < -0.4 is 0 Å². The molecule has 0 unspecified atom stereocenters. The molecule has 0 spiro atoms.